The van der Waals surface area contributed by atoms with E-state index in [-0.39, 0.29) is 16.6 Å². The standard InChI is InChI=1S/C14H13NO4S/c1-10(16)13-7-4-8-15-14(13)19-11-5-3-6-12(9-11)20(2,17)18/h3-9H,1-2H3. The number of sulfone groups is 1. The van der Waals surface area contributed by atoms with Gasteiger partial charge in [0.05, 0.1) is 10.5 Å². The summed E-state index contributed by atoms with van der Waals surface area (Å²) in [4.78, 5) is 15.6. The Kier molecular flexibility index (Phi) is 3.85. The molecule has 0 spiro atoms. The Morgan fingerprint density at radius 2 is 1.95 bits per heavy atom. The van der Waals surface area contributed by atoms with Crippen LogP contribution >= 0.6 is 0 Å². The fourth-order valence-corrected chi connectivity index (χ4v) is 2.28. The molecule has 1 aromatic carbocycles. The topological polar surface area (TPSA) is 73.3 Å². The molecule has 2 aromatic rings. The quantitative estimate of drug-likeness (QED) is 0.809. The van der Waals surface area contributed by atoms with E-state index in [9.17, 15) is 13.2 Å². The Labute approximate surface area is 117 Å². The monoisotopic (exact) mass is 291 g/mol. The van der Waals surface area contributed by atoms with Gasteiger partial charge in [0.15, 0.2) is 15.6 Å². The number of pyridine rings is 1. The van der Waals surface area contributed by atoms with Gasteiger partial charge in [0.25, 0.3) is 0 Å². The van der Waals surface area contributed by atoms with E-state index in [0.29, 0.717) is 11.3 Å². The van der Waals surface area contributed by atoms with Gasteiger partial charge in [0.1, 0.15) is 5.75 Å². The molecule has 0 aliphatic heterocycles. The Hall–Kier alpha value is -2.21. The first kappa shape index (κ1) is 14.2. The second kappa shape index (κ2) is 5.42. The Morgan fingerprint density at radius 3 is 2.60 bits per heavy atom. The van der Waals surface area contributed by atoms with Crippen LogP contribution in [0.3, 0.4) is 0 Å². The van der Waals surface area contributed by atoms with Crippen molar-refractivity contribution >= 4 is 15.6 Å². The normalized spacial score (nSPS) is 11.1. The average Bonchev–Trinajstić information content (AvgIpc) is 2.38. The first-order chi connectivity index (χ1) is 9.38. The van der Waals surface area contributed by atoms with Gasteiger partial charge >= 0.3 is 0 Å². The number of benzene rings is 1. The van der Waals surface area contributed by atoms with Crippen LogP contribution in [0.1, 0.15) is 17.3 Å². The van der Waals surface area contributed by atoms with Crippen LogP contribution in [0.15, 0.2) is 47.5 Å². The van der Waals surface area contributed by atoms with Crippen molar-refractivity contribution in [1.82, 2.24) is 4.98 Å². The van der Waals surface area contributed by atoms with E-state index < -0.39 is 9.84 Å². The van der Waals surface area contributed by atoms with Gasteiger partial charge in [-0.05, 0) is 37.3 Å². The fraction of sp³-hybridized carbons (Fsp3) is 0.143. The maximum Gasteiger partial charge on any atom is 0.230 e. The predicted octanol–water partition coefficient (Wildman–Crippen LogP) is 2.48. The summed E-state index contributed by atoms with van der Waals surface area (Å²) in [5.74, 6) is 0.298. The molecule has 6 heteroatoms. The van der Waals surface area contributed by atoms with Crippen LogP contribution in [0.5, 0.6) is 11.6 Å². The Balaban J connectivity index is 2.39. The van der Waals surface area contributed by atoms with Crippen LogP contribution in [-0.4, -0.2) is 25.4 Å². The molecule has 0 fully saturated rings. The van der Waals surface area contributed by atoms with E-state index in [1.165, 1.54) is 25.3 Å². The van der Waals surface area contributed by atoms with Gasteiger partial charge in [-0.1, -0.05) is 6.07 Å². The lowest BCUT2D eigenvalue weighted by molar-refractivity contribution is 0.101. The first-order valence-electron chi connectivity index (χ1n) is 5.82. The van der Waals surface area contributed by atoms with Crippen LogP contribution in [0.25, 0.3) is 0 Å². The molecule has 0 unspecified atom stereocenters. The number of hydrogen-bond donors (Lipinski definition) is 0. The van der Waals surface area contributed by atoms with Crippen LogP contribution in [0, 0.1) is 0 Å². The molecule has 1 heterocycles. The smallest absolute Gasteiger partial charge is 0.230 e. The minimum Gasteiger partial charge on any atom is -0.438 e. The first-order valence-corrected chi connectivity index (χ1v) is 7.71. The van der Waals surface area contributed by atoms with E-state index >= 15 is 0 Å². The largest absolute Gasteiger partial charge is 0.438 e. The van der Waals surface area contributed by atoms with Crippen molar-refractivity contribution in [1.29, 1.82) is 0 Å². The van der Waals surface area contributed by atoms with Crippen LogP contribution in [0.2, 0.25) is 0 Å². The molecule has 0 radical (unpaired) electrons. The molecule has 0 saturated heterocycles. The summed E-state index contributed by atoms with van der Waals surface area (Å²) >= 11 is 0. The summed E-state index contributed by atoms with van der Waals surface area (Å²) in [6.45, 7) is 1.41. The molecule has 0 N–H and O–H groups in total. The second-order valence-electron chi connectivity index (χ2n) is 4.26. The molecular weight excluding hydrogens is 278 g/mol. The maximum absolute atomic E-state index is 11.5. The van der Waals surface area contributed by atoms with E-state index in [2.05, 4.69) is 4.98 Å². The molecular formula is C14H13NO4S. The molecule has 0 aliphatic rings. The second-order valence-corrected chi connectivity index (χ2v) is 6.28. The molecule has 104 valence electrons. The van der Waals surface area contributed by atoms with Crippen LogP contribution in [0.4, 0.5) is 0 Å². The van der Waals surface area contributed by atoms with Crippen molar-refractivity contribution in [3.63, 3.8) is 0 Å². The minimum atomic E-state index is -3.31. The number of Topliss-reactive ketones (excluding diaryl/α,β-unsaturated/α-hetero) is 1. The van der Waals surface area contributed by atoms with Gasteiger partial charge < -0.3 is 4.74 Å². The zero-order valence-electron chi connectivity index (χ0n) is 11.0. The number of carbonyl (C=O) groups is 1. The third-order valence-electron chi connectivity index (χ3n) is 2.60. The molecule has 0 amide bonds. The summed E-state index contributed by atoms with van der Waals surface area (Å²) < 4.78 is 28.5. The molecule has 0 atom stereocenters. The lowest BCUT2D eigenvalue weighted by Gasteiger charge is -2.08. The Morgan fingerprint density at radius 1 is 1.20 bits per heavy atom. The summed E-state index contributed by atoms with van der Waals surface area (Å²) in [5, 5.41) is 0. The van der Waals surface area contributed by atoms with Gasteiger partial charge in [-0.25, -0.2) is 13.4 Å². The van der Waals surface area contributed by atoms with Crippen LogP contribution in [-0.2, 0) is 9.84 Å². The van der Waals surface area contributed by atoms with Gasteiger partial charge in [0, 0.05) is 12.5 Å². The molecule has 20 heavy (non-hydrogen) atoms. The highest BCUT2D eigenvalue weighted by Crippen LogP contribution is 2.25. The summed E-state index contributed by atoms with van der Waals surface area (Å²) in [6.07, 6.45) is 2.62. The predicted molar refractivity (Wildman–Crippen MR) is 73.9 cm³/mol. The van der Waals surface area contributed by atoms with Crippen molar-refractivity contribution in [3.05, 3.63) is 48.2 Å². The third kappa shape index (κ3) is 3.21. The molecule has 2 rings (SSSR count). The minimum absolute atomic E-state index is 0.148. The third-order valence-corrected chi connectivity index (χ3v) is 3.71. The van der Waals surface area contributed by atoms with Crippen molar-refractivity contribution < 1.29 is 17.9 Å². The molecule has 1 aromatic heterocycles. The summed E-state index contributed by atoms with van der Waals surface area (Å²) in [6, 6.07) is 9.29. The van der Waals surface area contributed by atoms with Crippen molar-refractivity contribution in [2.75, 3.05) is 6.26 Å². The van der Waals surface area contributed by atoms with Gasteiger partial charge in [-0.3, -0.25) is 4.79 Å². The number of hydrogen-bond acceptors (Lipinski definition) is 5. The van der Waals surface area contributed by atoms with Crippen molar-refractivity contribution in [2.24, 2.45) is 0 Å². The highest BCUT2D eigenvalue weighted by atomic mass is 32.2. The van der Waals surface area contributed by atoms with E-state index in [0.717, 1.165) is 6.26 Å². The number of aromatic nitrogens is 1. The number of nitrogens with zero attached hydrogens (tertiary/aromatic N) is 1. The zero-order chi connectivity index (χ0) is 14.8. The maximum atomic E-state index is 11.5. The number of carbonyl (C=O) groups excluding carboxylic acids is 1. The molecule has 0 aliphatic carbocycles. The van der Waals surface area contributed by atoms with Gasteiger partial charge in [0.2, 0.25) is 5.88 Å². The highest BCUT2D eigenvalue weighted by Gasteiger charge is 2.12. The number of ether oxygens (including phenoxy) is 1. The van der Waals surface area contributed by atoms with E-state index in [1.807, 2.05) is 0 Å². The summed E-state index contributed by atoms with van der Waals surface area (Å²) in [5.41, 5.74) is 0.345. The SMILES string of the molecule is CC(=O)c1cccnc1Oc1cccc(S(C)(=O)=O)c1. The molecule has 0 saturated carbocycles. The van der Waals surface area contributed by atoms with E-state index in [1.54, 1.807) is 24.3 Å². The lowest BCUT2D eigenvalue weighted by atomic mass is 10.2. The van der Waals surface area contributed by atoms with Gasteiger partial charge in [-0.15, -0.1) is 0 Å². The highest BCUT2D eigenvalue weighted by molar-refractivity contribution is 7.90. The van der Waals surface area contributed by atoms with Gasteiger partial charge in [-0.2, -0.15) is 0 Å². The van der Waals surface area contributed by atoms with Crippen LogP contribution < -0.4 is 4.74 Å². The average molecular weight is 291 g/mol. The summed E-state index contributed by atoms with van der Waals surface area (Å²) in [7, 11) is -3.31. The number of ketones is 1. The fourth-order valence-electron chi connectivity index (χ4n) is 1.62. The number of rotatable bonds is 4. The van der Waals surface area contributed by atoms with Crippen molar-refractivity contribution in [3.8, 4) is 11.6 Å². The molecule has 5 nitrogen and oxygen atoms in total. The van der Waals surface area contributed by atoms with Crippen molar-refractivity contribution in [2.45, 2.75) is 11.8 Å². The van der Waals surface area contributed by atoms with E-state index in [4.69, 9.17) is 4.74 Å². The zero-order valence-corrected chi connectivity index (χ0v) is 11.8. The lowest BCUT2D eigenvalue weighted by Crippen LogP contribution is -2.00. The Bertz CT molecular complexity index is 753. The molecule has 0 bridgehead atoms.